The molecule has 1 aromatic rings. The molecule has 0 unspecified atom stereocenters. The molecule has 0 fully saturated rings. The smallest absolute Gasteiger partial charge is 0.337 e. The van der Waals surface area contributed by atoms with Gasteiger partial charge in [-0.2, -0.15) is 0 Å². The minimum Gasteiger partial charge on any atom is -0.478 e. The van der Waals surface area contributed by atoms with E-state index in [4.69, 9.17) is 5.11 Å². The van der Waals surface area contributed by atoms with Crippen LogP contribution in [0, 0.1) is 6.92 Å². The first kappa shape index (κ1) is 11.8. The van der Waals surface area contributed by atoms with Gasteiger partial charge < -0.3 is 14.6 Å². The van der Waals surface area contributed by atoms with Crippen LogP contribution in [-0.4, -0.2) is 41.2 Å². The summed E-state index contributed by atoms with van der Waals surface area (Å²) in [5.41, 5.74) is 1.24. The van der Waals surface area contributed by atoms with E-state index in [0.29, 0.717) is 5.56 Å². The number of carboxylic acids is 1. The van der Waals surface area contributed by atoms with Crippen LogP contribution in [0.3, 0.4) is 0 Å². The van der Waals surface area contributed by atoms with Crippen LogP contribution in [-0.2, 0) is 6.54 Å². The van der Waals surface area contributed by atoms with Crippen LogP contribution in [0.4, 0.5) is 0 Å². The number of hydrogen-bond acceptors (Lipinski definition) is 2. The van der Waals surface area contributed by atoms with E-state index in [1.807, 2.05) is 31.8 Å². The molecule has 0 aliphatic carbocycles. The minimum absolute atomic E-state index is 0.403. The van der Waals surface area contributed by atoms with Gasteiger partial charge >= 0.3 is 5.97 Å². The van der Waals surface area contributed by atoms with Crippen molar-refractivity contribution >= 4 is 5.97 Å². The number of aromatic nitrogens is 1. The molecule has 0 atom stereocenters. The van der Waals surface area contributed by atoms with E-state index < -0.39 is 5.97 Å². The van der Waals surface area contributed by atoms with Crippen molar-refractivity contribution in [2.75, 3.05) is 20.6 Å². The molecule has 4 heteroatoms. The van der Waals surface area contributed by atoms with Crippen LogP contribution >= 0.6 is 0 Å². The topological polar surface area (TPSA) is 45.5 Å². The summed E-state index contributed by atoms with van der Waals surface area (Å²) in [6.07, 6.45) is 2.87. The lowest BCUT2D eigenvalue weighted by atomic mass is 10.2. The van der Waals surface area contributed by atoms with Gasteiger partial charge in [0.1, 0.15) is 0 Å². The number of aromatic carboxylic acids is 1. The number of nitrogens with zero attached hydrogens (tertiary/aromatic N) is 2. The van der Waals surface area contributed by atoms with Crippen molar-refractivity contribution in [2.45, 2.75) is 19.9 Å². The fourth-order valence-corrected chi connectivity index (χ4v) is 1.58. The lowest BCUT2D eigenvalue weighted by Crippen LogP contribution is -2.15. The molecule has 84 valence electrons. The molecule has 1 rings (SSSR count). The zero-order valence-corrected chi connectivity index (χ0v) is 9.53. The highest BCUT2D eigenvalue weighted by Gasteiger charge is 2.10. The molecule has 0 aromatic carbocycles. The third kappa shape index (κ3) is 3.09. The van der Waals surface area contributed by atoms with E-state index >= 15 is 0 Å². The Balaban J connectivity index is 2.59. The van der Waals surface area contributed by atoms with Gasteiger partial charge in [0.25, 0.3) is 0 Å². The third-order valence-electron chi connectivity index (χ3n) is 2.48. The van der Waals surface area contributed by atoms with Crippen LogP contribution in [0.2, 0.25) is 0 Å². The normalized spacial score (nSPS) is 10.9. The Bertz CT molecular complexity index is 342. The Morgan fingerprint density at radius 1 is 1.53 bits per heavy atom. The zero-order valence-electron chi connectivity index (χ0n) is 9.53. The molecule has 0 bridgehead atoms. The van der Waals surface area contributed by atoms with E-state index in [9.17, 15) is 4.79 Å². The van der Waals surface area contributed by atoms with Gasteiger partial charge in [0.2, 0.25) is 0 Å². The highest BCUT2D eigenvalue weighted by molar-refractivity contribution is 5.88. The van der Waals surface area contributed by atoms with Crippen LogP contribution in [0.25, 0.3) is 0 Å². The van der Waals surface area contributed by atoms with E-state index in [1.54, 1.807) is 6.07 Å². The predicted molar refractivity (Wildman–Crippen MR) is 59.3 cm³/mol. The number of aryl methyl sites for hydroxylation is 1. The monoisotopic (exact) mass is 210 g/mol. The van der Waals surface area contributed by atoms with Crippen molar-refractivity contribution in [1.29, 1.82) is 0 Å². The average Bonchev–Trinajstić information content (AvgIpc) is 2.47. The molecule has 0 spiro atoms. The number of carbonyl (C=O) groups is 1. The maximum Gasteiger partial charge on any atom is 0.337 e. The first-order valence-corrected chi connectivity index (χ1v) is 5.06. The summed E-state index contributed by atoms with van der Waals surface area (Å²) in [5.74, 6) is -0.848. The molecule has 0 aliphatic rings. The third-order valence-corrected chi connectivity index (χ3v) is 2.48. The van der Waals surface area contributed by atoms with Crippen LogP contribution < -0.4 is 0 Å². The lowest BCUT2D eigenvalue weighted by molar-refractivity contribution is 0.0696. The lowest BCUT2D eigenvalue weighted by Gasteiger charge is -2.10. The second-order valence-corrected chi connectivity index (χ2v) is 3.97. The number of carboxylic acid groups (broad SMARTS) is 1. The van der Waals surface area contributed by atoms with Gasteiger partial charge in [0, 0.05) is 18.4 Å². The summed E-state index contributed by atoms with van der Waals surface area (Å²) in [6, 6.07) is 1.66. The summed E-state index contributed by atoms with van der Waals surface area (Å²) in [6.45, 7) is 3.73. The van der Waals surface area contributed by atoms with Gasteiger partial charge in [-0.1, -0.05) is 0 Å². The Kier molecular flexibility index (Phi) is 3.91. The van der Waals surface area contributed by atoms with Crippen molar-refractivity contribution in [2.24, 2.45) is 0 Å². The molecule has 0 saturated heterocycles. The molecular formula is C11H18N2O2. The highest BCUT2D eigenvalue weighted by Crippen LogP contribution is 2.10. The molecule has 1 heterocycles. The molecule has 0 radical (unpaired) electrons. The Morgan fingerprint density at radius 3 is 2.67 bits per heavy atom. The van der Waals surface area contributed by atoms with Crippen LogP contribution in [0.5, 0.6) is 0 Å². The Labute approximate surface area is 90.1 Å². The van der Waals surface area contributed by atoms with Gasteiger partial charge in [0.15, 0.2) is 0 Å². The van der Waals surface area contributed by atoms with Crippen molar-refractivity contribution in [3.63, 3.8) is 0 Å². The molecular weight excluding hydrogens is 192 g/mol. The van der Waals surface area contributed by atoms with Gasteiger partial charge in [-0.05, 0) is 40.1 Å². The number of rotatable bonds is 5. The van der Waals surface area contributed by atoms with E-state index in [0.717, 1.165) is 25.2 Å². The quantitative estimate of drug-likeness (QED) is 0.800. The van der Waals surface area contributed by atoms with E-state index in [-0.39, 0.29) is 0 Å². The Morgan fingerprint density at radius 2 is 2.20 bits per heavy atom. The summed E-state index contributed by atoms with van der Waals surface area (Å²) in [4.78, 5) is 12.9. The summed E-state index contributed by atoms with van der Waals surface area (Å²) in [7, 11) is 4.07. The molecule has 15 heavy (non-hydrogen) atoms. The standard InChI is InChI=1S/C11H18N2O2/c1-9-10(11(14)15)5-8-13(9)7-4-6-12(2)3/h5,8H,4,6-7H2,1-3H3,(H,14,15). The zero-order chi connectivity index (χ0) is 11.4. The summed E-state index contributed by atoms with van der Waals surface area (Å²) in [5, 5.41) is 8.87. The molecule has 1 aromatic heterocycles. The molecule has 0 saturated carbocycles. The van der Waals surface area contributed by atoms with Crippen molar-refractivity contribution < 1.29 is 9.90 Å². The SMILES string of the molecule is Cc1c(C(=O)O)ccn1CCCN(C)C. The van der Waals surface area contributed by atoms with Crippen molar-refractivity contribution in [3.05, 3.63) is 23.5 Å². The first-order chi connectivity index (χ1) is 7.02. The van der Waals surface area contributed by atoms with Gasteiger partial charge in [-0.3, -0.25) is 0 Å². The van der Waals surface area contributed by atoms with Gasteiger partial charge in [0.05, 0.1) is 5.56 Å². The van der Waals surface area contributed by atoms with Gasteiger partial charge in [-0.15, -0.1) is 0 Å². The predicted octanol–water partition coefficient (Wildman–Crippen LogP) is 1.45. The molecule has 1 N–H and O–H groups in total. The number of hydrogen-bond donors (Lipinski definition) is 1. The summed E-state index contributed by atoms with van der Waals surface area (Å²) >= 11 is 0. The average molecular weight is 210 g/mol. The maximum atomic E-state index is 10.8. The Hall–Kier alpha value is -1.29. The summed E-state index contributed by atoms with van der Waals surface area (Å²) < 4.78 is 1.99. The van der Waals surface area contributed by atoms with E-state index in [2.05, 4.69) is 4.90 Å². The van der Waals surface area contributed by atoms with Crippen LogP contribution in [0.1, 0.15) is 22.5 Å². The van der Waals surface area contributed by atoms with Crippen LogP contribution in [0.15, 0.2) is 12.3 Å². The van der Waals surface area contributed by atoms with Crippen molar-refractivity contribution in [1.82, 2.24) is 9.47 Å². The van der Waals surface area contributed by atoms with Crippen molar-refractivity contribution in [3.8, 4) is 0 Å². The largest absolute Gasteiger partial charge is 0.478 e. The first-order valence-electron chi connectivity index (χ1n) is 5.06. The highest BCUT2D eigenvalue weighted by atomic mass is 16.4. The fraction of sp³-hybridized carbons (Fsp3) is 0.545. The molecule has 4 nitrogen and oxygen atoms in total. The second kappa shape index (κ2) is 4.98. The molecule has 0 aliphatic heterocycles. The van der Waals surface area contributed by atoms with E-state index in [1.165, 1.54) is 0 Å². The van der Waals surface area contributed by atoms with Gasteiger partial charge in [-0.25, -0.2) is 4.79 Å². The maximum absolute atomic E-state index is 10.8. The molecule has 0 amide bonds. The fourth-order valence-electron chi connectivity index (χ4n) is 1.58. The second-order valence-electron chi connectivity index (χ2n) is 3.97. The minimum atomic E-state index is -0.848.